The number of hydrogen-bond acceptors (Lipinski definition) is 4. The minimum absolute atomic E-state index is 0.211. The number of methoxy groups -OCH3 is 2. The van der Waals surface area contributed by atoms with Crippen LogP contribution in [-0.4, -0.2) is 40.0 Å². The number of hydrogen-bond donors (Lipinski definition) is 0. The average molecular weight is 489 g/mol. The molecule has 0 N–H and O–H groups in total. The van der Waals surface area contributed by atoms with Crippen molar-refractivity contribution in [2.24, 2.45) is 40.4 Å². The van der Waals surface area contributed by atoms with E-state index in [4.69, 9.17) is 18.9 Å². The highest BCUT2D eigenvalue weighted by molar-refractivity contribution is 5.27. The van der Waals surface area contributed by atoms with Gasteiger partial charge in [-0.15, -0.1) is 0 Å². The molecular formula is C31H52O4. The number of fused-ring (bicyclic) bond motifs is 5. The molecule has 4 nitrogen and oxygen atoms in total. The van der Waals surface area contributed by atoms with E-state index in [1.165, 1.54) is 50.5 Å². The third-order valence-electron chi connectivity index (χ3n) is 10.7. The van der Waals surface area contributed by atoms with Crippen molar-refractivity contribution in [1.29, 1.82) is 0 Å². The van der Waals surface area contributed by atoms with Crippen molar-refractivity contribution in [2.75, 3.05) is 27.8 Å². The SMILES string of the molecule is COCO[C@H]1CC[C@@]2(C)C(=CC[C@@H]3[C@@H]2[C@H](OCOC)C[C@]2(C)[C@@H]([C@H](C)CCC=C(C)C)CC[C@@H]32)C1. The van der Waals surface area contributed by atoms with E-state index in [-0.39, 0.29) is 17.6 Å². The van der Waals surface area contributed by atoms with Gasteiger partial charge in [0.1, 0.15) is 13.6 Å². The Labute approximate surface area is 215 Å². The van der Waals surface area contributed by atoms with Gasteiger partial charge in [0, 0.05) is 14.2 Å². The van der Waals surface area contributed by atoms with Gasteiger partial charge in [-0.2, -0.15) is 0 Å². The van der Waals surface area contributed by atoms with Crippen molar-refractivity contribution in [2.45, 2.75) is 105 Å². The number of allylic oxidation sites excluding steroid dienone is 3. The molecule has 4 aliphatic rings. The molecule has 0 aromatic carbocycles. The molecule has 4 heteroatoms. The lowest BCUT2D eigenvalue weighted by Gasteiger charge is -2.61. The first kappa shape index (κ1) is 27.4. The van der Waals surface area contributed by atoms with Gasteiger partial charge in [-0.25, -0.2) is 0 Å². The van der Waals surface area contributed by atoms with E-state index >= 15 is 0 Å². The zero-order valence-corrected chi connectivity index (χ0v) is 23.6. The molecule has 0 heterocycles. The molecule has 0 saturated heterocycles. The van der Waals surface area contributed by atoms with E-state index in [0.717, 1.165) is 36.5 Å². The van der Waals surface area contributed by atoms with Gasteiger partial charge in [0.25, 0.3) is 0 Å². The van der Waals surface area contributed by atoms with E-state index in [1.807, 2.05) is 0 Å². The van der Waals surface area contributed by atoms with Crippen LogP contribution in [-0.2, 0) is 18.9 Å². The van der Waals surface area contributed by atoms with Crippen LogP contribution >= 0.6 is 0 Å². The summed E-state index contributed by atoms with van der Waals surface area (Å²) in [5.41, 5.74) is 3.64. The van der Waals surface area contributed by atoms with Crippen molar-refractivity contribution < 1.29 is 18.9 Å². The minimum atomic E-state index is 0.211. The lowest BCUT2D eigenvalue weighted by atomic mass is 9.46. The molecule has 200 valence electrons. The van der Waals surface area contributed by atoms with Crippen LogP contribution in [0.4, 0.5) is 0 Å². The highest BCUT2D eigenvalue weighted by Crippen LogP contribution is 2.67. The van der Waals surface area contributed by atoms with E-state index < -0.39 is 0 Å². The van der Waals surface area contributed by atoms with Crippen molar-refractivity contribution in [1.82, 2.24) is 0 Å². The van der Waals surface area contributed by atoms with Crippen LogP contribution in [0.5, 0.6) is 0 Å². The summed E-state index contributed by atoms with van der Waals surface area (Å²) in [6.45, 7) is 12.9. The summed E-state index contributed by atoms with van der Waals surface area (Å²) >= 11 is 0. The summed E-state index contributed by atoms with van der Waals surface area (Å²) in [6.07, 6.45) is 16.7. The summed E-state index contributed by atoms with van der Waals surface area (Å²) in [5.74, 6) is 3.67. The summed E-state index contributed by atoms with van der Waals surface area (Å²) in [4.78, 5) is 0. The maximum atomic E-state index is 6.61. The Morgan fingerprint density at radius 3 is 2.54 bits per heavy atom. The second-order valence-corrected chi connectivity index (χ2v) is 13.0. The Bertz CT molecular complexity index is 770. The molecule has 0 spiro atoms. The number of rotatable bonds is 10. The molecule has 4 rings (SSSR count). The summed E-state index contributed by atoms with van der Waals surface area (Å²) in [5, 5.41) is 0. The summed E-state index contributed by atoms with van der Waals surface area (Å²) in [7, 11) is 3.48. The maximum Gasteiger partial charge on any atom is 0.146 e. The van der Waals surface area contributed by atoms with Gasteiger partial charge in [-0.1, -0.05) is 44.1 Å². The van der Waals surface area contributed by atoms with Gasteiger partial charge in [0.05, 0.1) is 12.2 Å². The van der Waals surface area contributed by atoms with Crippen LogP contribution in [0.3, 0.4) is 0 Å². The largest absolute Gasteiger partial charge is 0.359 e. The molecule has 3 saturated carbocycles. The second-order valence-electron chi connectivity index (χ2n) is 13.0. The first-order chi connectivity index (χ1) is 16.7. The van der Waals surface area contributed by atoms with E-state index in [1.54, 1.807) is 19.8 Å². The van der Waals surface area contributed by atoms with Crippen LogP contribution in [0.2, 0.25) is 0 Å². The van der Waals surface area contributed by atoms with Crippen molar-refractivity contribution >= 4 is 0 Å². The molecule has 0 amide bonds. The van der Waals surface area contributed by atoms with Crippen molar-refractivity contribution in [3.05, 3.63) is 23.3 Å². The Morgan fingerprint density at radius 1 is 1.09 bits per heavy atom. The lowest BCUT2D eigenvalue weighted by Crippen LogP contribution is -2.57. The Morgan fingerprint density at radius 2 is 1.83 bits per heavy atom. The van der Waals surface area contributed by atoms with E-state index in [9.17, 15) is 0 Å². The summed E-state index contributed by atoms with van der Waals surface area (Å²) < 4.78 is 23.3. The quantitative estimate of drug-likeness (QED) is 0.235. The fraction of sp³-hybridized carbons (Fsp3) is 0.871. The van der Waals surface area contributed by atoms with Gasteiger partial charge < -0.3 is 18.9 Å². The van der Waals surface area contributed by atoms with E-state index in [2.05, 4.69) is 46.8 Å². The lowest BCUT2D eigenvalue weighted by molar-refractivity contribution is -0.185. The molecular weight excluding hydrogens is 436 g/mol. The predicted molar refractivity (Wildman–Crippen MR) is 142 cm³/mol. The molecule has 9 atom stereocenters. The highest BCUT2D eigenvalue weighted by atomic mass is 16.7. The monoisotopic (exact) mass is 488 g/mol. The van der Waals surface area contributed by atoms with Crippen molar-refractivity contribution in [3.8, 4) is 0 Å². The van der Waals surface area contributed by atoms with Crippen molar-refractivity contribution in [3.63, 3.8) is 0 Å². The normalized spacial score (nSPS) is 41.4. The third-order valence-corrected chi connectivity index (χ3v) is 10.7. The van der Waals surface area contributed by atoms with Crippen LogP contribution < -0.4 is 0 Å². The van der Waals surface area contributed by atoms with Crippen LogP contribution in [0.15, 0.2) is 23.3 Å². The first-order valence-electron chi connectivity index (χ1n) is 14.3. The average Bonchev–Trinajstić information content (AvgIpc) is 3.17. The fourth-order valence-corrected chi connectivity index (χ4v) is 9.15. The third kappa shape index (κ3) is 5.33. The molecule has 3 fully saturated rings. The molecule has 4 aliphatic carbocycles. The zero-order chi connectivity index (χ0) is 25.2. The zero-order valence-electron chi connectivity index (χ0n) is 23.6. The molecule has 0 bridgehead atoms. The fourth-order valence-electron chi connectivity index (χ4n) is 9.15. The Balaban J connectivity index is 1.58. The maximum absolute atomic E-state index is 6.61. The molecule has 0 aromatic rings. The minimum Gasteiger partial charge on any atom is -0.359 e. The molecule has 0 radical (unpaired) electrons. The molecule has 0 unspecified atom stereocenters. The topological polar surface area (TPSA) is 36.9 Å². The van der Waals surface area contributed by atoms with Gasteiger partial charge in [0.2, 0.25) is 0 Å². The smallest absolute Gasteiger partial charge is 0.146 e. The van der Waals surface area contributed by atoms with Crippen LogP contribution in [0, 0.1) is 40.4 Å². The Hall–Kier alpha value is -0.680. The first-order valence-corrected chi connectivity index (χ1v) is 14.3. The second kappa shape index (κ2) is 11.4. The van der Waals surface area contributed by atoms with Gasteiger partial charge in [-0.05, 0) is 112 Å². The highest BCUT2D eigenvalue weighted by Gasteiger charge is 2.62. The van der Waals surface area contributed by atoms with Crippen LogP contribution in [0.25, 0.3) is 0 Å². The van der Waals surface area contributed by atoms with Gasteiger partial charge >= 0.3 is 0 Å². The molecule has 0 aromatic heterocycles. The number of ether oxygens (including phenoxy) is 4. The van der Waals surface area contributed by atoms with Gasteiger partial charge in [-0.3, -0.25) is 0 Å². The summed E-state index contributed by atoms with van der Waals surface area (Å²) in [6, 6.07) is 0. The predicted octanol–water partition coefficient (Wildman–Crippen LogP) is 7.54. The van der Waals surface area contributed by atoms with Gasteiger partial charge in [0.15, 0.2) is 0 Å². The standard InChI is InChI=1S/C31H52O4/c1-21(2)9-8-10-22(3)26-13-14-27-25-12-11-23-17-24(34-19-32-6)15-16-30(23,4)29(25)28(35-20-33-7)18-31(26,27)5/h9,11,22,24-29H,8,10,12-20H2,1-7H3/t22-,24+,25+,26-,27+,28-,29-,30+,31-/m1/s1. The molecule has 0 aliphatic heterocycles. The van der Waals surface area contributed by atoms with E-state index in [0.29, 0.717) is 24.9 Å². The van der Waals surface area contributed by atoms with Crippen LogP contribution in [0.1, 0.15) is 92.4 Å². The Kier molecular flexibility index (Phi) is 8.89. The molecule has 35 heavy (non-hydrogen) atoms.